The Morgan fingerprint density at radius 1 is 0.939 bits per heavy atom. The van der Waals surface area contributed by atoms with Gasteiger partial charge in [0.25, 0.3) is 0 Å². The number of sulfonamides is 1. The molecule has 0 atom stereocenters. The van der Waals surface area contributed by atoms with Crippen LogP contribution < -0.4 is 4.90 Å². The first-order valence-electron chi connectivity index (χ1n) is 12.5. The summed E-state index contributed by atoms with van der Waals surface area (Å²) in [5.41, 5.74) is 2.36. The van der Waals surface area contributed by atoms with E-state index in [0.29, 0.717) is 19.0 Å². The van der Waals surface area contributed by atoms with E-state index < -0.39 is 10.0 Å². The number of para-hydroxylation sites is 1. The highest BCUT2D eigenvalue weighted by Gasteiger charge is 2.31. The summed E-state index contributed by atoms with van der Waals surface area (Å²) in [6.07, 6.45) is 8.03. The lowest BCUT2D eigenvalue weighted by molar-refractivity contribution is 0.248. The van der Waals surface area contributed by atoms with Gasteiger partial charge in [0.2, 0.25) is 10.0 Å². The van der Waals surface area contributed by atoms with Gasteiger partial charge in [-0.2, -0.15) is 0 Å². The van der Waals surface area contributed by atoms with Crippen LogP contribution in [-0.4, -0.2) is 79.2 Å². The fraction of sp³-hybridized carbons (Fsp3) is 0.680. The van der Waals surface area contributed by atoms with E-state index in [9.17, 15) is 8.42 Å². The number of hydrogen-bond acceptors (Lipinski definition) is 6. The standard InChI is InChI=1S/C16H20N4.C7H15NO2S.C2H6/c1-12-17-11-13-3-2-4-15(16(13)18-12)20-9-7-19(8-10-20)14-5-6-14;1-7-3-5-8(6-4-7)11(2,9)10;1-2/h2-4,11,14H,5-10H2,1H3;7H,3-6H2,1-2H3;1-2H3. The lowest BCUT2D eigenvalue weighted by Gasteiger charge is -2.36. The van der Waals surface area contributed by atoms with Crippen LogP contribution in [0.15, 0.2) is 24.4 Å². The quantitative estimate of drug-likeness (QED) is 0.670. The summed E-state index contributed by atoms with van der Waals surface area (Å²) in [4.78, 5) is 14.1. The number of piperazine rings is 1. The molecular formula is C25H41N5O2S. The molecule has 7 nitrogen and oxygen atoms in total. The molecule has 0 unspecified atom stereocenters. The van der Waals surface area contributed by atoms with Crippen molar-refractivity contribution in [2.45, 2.75) is 59.4 Å². The number of fused-ring (bicyclic) bond motifs is 1. The monoisotopic (exact) mass is 475 g/mol. The largest absolute Gasteiger partial charge is 0.367 e. The zero-order valence-corrected chi connectivity index (χ0v) is 21.8. The molecule has 3 fully saturated rings. The molecule has 0 N–H and O–H groups in total. The van der Waals surface area contributed by atoms with E-state index in [2.05, 4.69) is 44.9 Å². The van der Waals surface area contributed by atoms with E-state index in [1.165, 1.54) is 37.9 Å². The van der Waals surface area contributed by atoms with Crippen molar-refractivity contribution < 1.29 is 8.42 Å². The minimum absolute atomic E-state index is 0.688. The molecule has 2 saturated heterocycles. The molecule has 8 heteroatoms. The van der Waals surface area contributed by atoms with E-state index in [4.69, 9.17) is 0 Å². The van der Waals surface area contributed by atoms with Crippen LogP contribution in [0.25, 0.3) is 10.9 Å². The molecule has 33 heavy (non-hydrogen) atoms. The van der Waals surface area contributed by atoms with E-state index in [0.717, 1.165) is 48.7 Å². The van der Waals surface area contributed by atoms with Crippen LogP contribution in [-0.2, 0) is 10.0 Å². The Morgan fingerprint density at radius 3 is 2.15 bits per heavy atom. The molecule has 2 aliphatic heterocycles. The summed E-state index contributed by atoms with van der Waals surface area (Å²) in [5, 5.41) is 1.14. The predicted molar refractivity (Wildman–Crippen MR) is 137 cm³/mol. The van der Waals surface area contributed by atoms with Crippen LogP contribution in [0.1, 0.15) is 52.3 Å². The lowest BCUT2D eigenvalue weighted by Crippen LogP contribution is -2.47. The van der Waals surface area contributed by atoms with Gasteiger partial charge in [0.1, 0.15) is 5.82 Å². The first-order chi connectivity index (χ1) is 15.8. The number of anilines is 1. The van der Waals surface area contributed by atoms with E-state index in [-0.39, 0.29) is 0 Å². The third kappa shape index (κ3) is 7.11. The number of aromatic nitrogens is 2. The van der Waals surface area contributed by atoms with Crippen LogP contribution in [0.5, 0.6) is 0 Å². The SMILES string of the molecule is CC.CC1CCN(S(C)(=O)=O)CC1.Cc1ncc2cccc(N3CCN(C4CC4)CC3)c2n1. The van der Waals surface area contributed by atoms with Crippen LogP contribution in [0.3, 0.4) is 0 Å². The van der Waals surface area contributed by atoms with Gasteiger partial charge < -0.3 is 4.90 Å². The van der Waals surface area contributed by atoms with Crippen molar-refractivity contribution in [3.05, 3.63) is 30.2 Å². The highest BCUT2D eigenvalue weighted by atomic mass is 32.2. The van der Waals surface area contributed by atoms with Crippen LogP contribution in [0, 0.1) is 12.8 Å². The second-order valence-corrected chi connectivity index (χ2v) is 11.2. The van der Waals surface area contributed by atoms with Gasteiger partial charge in [-0.3, -0.25) is 4.90 Å². The fourth-order valence-electron chi connectivity index (χ4n) is 4.47. The van der Waals surface area contributed by atoms with Crippen molar-refractivity contribution in [1.29, 1.82) is 0 Å². The topological polar surface area (TPSA) is 69.6 Å². The van der Waals surface area contributed by atoms with Crippen LogP contribution >= 0.6 is 0 Å². The molecule has 0 spiro atoms. The molecule has 0 radical (unpaired) electrons. The van der Waals surface area contributed by atoms with Crippen molar-refractivity contribution >= 4 is 26.6 Å². The van der Waals surface area contributed by atoms with E-state index >= 15 is 0 Å². The van der Waals surface area contributed by atoms with Crippen molar-refractivity contribution in [1.82, 2.24) is 19.2 Å². The van der Waals surface area contributed by atoms with Gasteiger partial charge >= 0.3 is 0 Å². The summed E-state index contributed by atoms with van der Waals surface area (Å²) >= 11 is 0. The lowest BCUT2D eigenvalue weighted by atomic mass is 10.0. The highest BCUT2D eigenvalue weighted by molar-refractivity contribution is 7.88. The highest BCUT2D eigenvalue weighted by Crippen LogP contribution is 2.30. The number of nitrogens with zero attached hydrogens (tertiary/aromatic N) is 5. The molecular weight excluding hydrogens is 434 g/mol. The van der Waals surface area contributed by atoms with Gasteiger partial charge in [-0.05, 0) is 44.6 Å². The molecule has 1 aromatic heterocycles. The zero-order valence-electron chi connectivity index (χ0n) is 21.0. The second kappa shape index (κ2) is 11.6. The Balaban J connectivity index is 0.000000201. The third-order valence-electron chi connectivity index (χ3n) is 6.64. The molecule has 1 aliphatic carbocycles. The number of rotatable bonds is 3. The maximum atomic E-state index is 11.0. The second-order valence-electron chi connectivity index (χ2n) is 9.23. The van der Waals surface area contributed by atoms with Gasteiger partial charge in [-0.25, -0.2) is 22.7 Å². The normalized spacial score (nSPS) is 20.6. The Kier molecular flexibility index (Phi) is 9.07. The van der Waals surface area contributed by atoms with E-state index in [1.54, 1.807) is 4.31 Å². The molecule has 0 amide bonds. The minimum atomic E-state index is -2.92. The maximum absolute atomic E-state index is 11.0. The number of piperidine rings is 1. The smallest absolute Gasteiger partial charge is 0.211 e. The number of aryl methyl sites for hydroxylation is 1. The zero-order chi connectivity index (χ0) is 24.0. The molecule has 3 aliphatic rings. The van der Waals surface area contributed by atoms with Crippen LogP contribution in [0.2, 0.25) is 0 Å². The Morgan fingerprint density at radius 2 is 1.58 bits per heavy atom. The Hall–Kier alpha value is -1.77. The summed E-state index contributed by atoms with van der Waals surface area (Å²) in [5.74, 6) is 1.54. The maximum Gasteiger partial charge on any atom is 0.211 e. The predicted octanol–water partition coefficient (Wildman–Crippen LogP) is 3.93. The molecule has 5 rings (SSSR count). The summed E-state index contributed by atoms with van der Waals surface area (Å²) < 4.78 is 23.6. The van der Waals surface area contributed by atoms with Gasteiger partial charge in [-0.1, -0.05) is 32.9 Å². The van der Waals surface area contributed by atoms with Gasteiger partial charge in [0, 0.05) is 56.9 Å². The summed E-state index contributed by atoms with van der Waals surface area (Å²) in [7, 11) is -2.92. The summed E-state index contributed by atoms with van der Waals surface area (Å²) in [6.45, 7) is 14.1. The average Bonchev–Trinajstić information content (AvgIpc) is 3.66. The molecule has 3 heterocycles. The first kappa shape index (κ1) is 25.8. The number of benzene rings is 1. The molecule has 2 aromatic rings. The molecule has 1 aromatic carbocycles. The third-order valence-corrected chi connectivity index (χ3v) is 7.94. The van der Waals surface area contributed by atoms with E-state index in [1.807, 2.05) is 27.0 Å². The summed E-state index contributed by atoms with van der Waals surface area (Å²) in [6, 6.07) is 7.29. The van der Waals surface area contributed by atoms with Crippen LogP contribution in [0.4, 0.5) is 5.69 Å². The first-order valence-corrected chi connectivity index (χ1v) is 14.3. The Labute approximate surface area is 200 Å². The van der Waals surface area contributed by atoms with Crippen molar-refractivity contribution in [3.8, 4) is 0 Å². The van der Waals surface area contributed by atoms with Gasteiger partial charge in [0.05, 0.1) is 17.5 Å². The minimum Gasteiger partial charge on any atom is -0.367 e. The fourth-order valence-corrected chi connectivity index (χ4v) is 5.34. The van der Waals surface area contributed by atoms with Crippen molar-refractivity contribution in [2.75, 3.05) is 50.4 Å². The Bertz CT molecular complexity index is 993. The molecule has 1 saturated carbocycles. The van der Waals surface area contributed by atoms with Gasteiger partial charge in [-0.15, -0.1) is 0 Å². The average molecular weight is 476 g/mol. The molecule has 0 bridgehead atoms. The van der Waals surface area contributed by atoms with Crippen molar-refractivity contribution in [2.24, 2.45) is 5.92 Å². The number of hydrogen-bond donors (Lipinski definition) is 0. The van der Waals surface area contributed by atoms with Crippen molar-refractivity contribution in [3.63, 3.8) is 0 Å². The molecule has 184 valence electrons. The van der Waals surface area contributed by atoms with Gasteiger partial charge in [0.15, 0.2) is 0 Å².